The first-order valence-corrected chi connectivity index (χ1v) is 1.87. The van der Waals surface area contributed by atoms with Gasteiger partial charge in [0.05, 0.1) is 0 Å². The zero-order valence-electron chi connectivity index (χ0n) is 4.31. The minimum absolute atomic E-state index is 0. The molecular weight excluding hydrogens is 120 g/mol. The molecule has 0 radical (unpaired) electrons. The minimum atomic E-state index is 0. The largest absolute Gasteiger partial charge is 0.299 e. The second kappa shape index (κ2) is 6.30. The lowest BCUT2D eigenvalue weighted by Gasteiger charge is -1.95. The van der Waals surface area contributed by atoms with E-state index in [-0.39, 0.29) is 11.0 Å². The molecule has 8 heavy (non-hydrogen) atoms. The first kappa shape index (κ1) is 10.3. The van der Waals surface area contributed by atoms with Crippen molar-refractivity contribution in [3.8, 4) is 0 Å². The molecule has 0 unspecified atom stereocenters. The Bertz CT molecular complexity index is 80.5. The standard InChI is InChI=1S/C5H8O2.H4Si/c1-4-6-7-5(2)3;/h4H,1-2H2,3H3;1H4. The van der Waals surface area contributed by atoms with E-state index in [9.17, 15) is 0 Å². The van der Waals surface area contributed by atoms with Crippen LogP contribution in [0, 0.1) is 0 Å². The summed E-state index contributed by atoms with van der Waals surface area (Å²) in [4.78, 5) is 8.64. The van der Waals surface area contributed by atoms with Crippen molar-refractivity contribution in [2.45, 2.75) is 6.92 Å². The van der Waals surface area contributed by atoms with Crippen molar-refractivity contribution >= 4 is 11.0 Å². The fourth-order valence-electron chi connectivity index (χ4n) is 0.116. The van der Waals surface area contributed by atoms with Crippen LogP contribution in [0.3, 0.4) is 0 Å². The molecule has 0 saturated heterocycles. The van der Waals surface area contributed by atoms with Crippen LogP contribution in [0.15, 0.2) is 25.2 Å². The predicted molar refractivity (Wildman–Crippen MR) is 38.5 cm³/mol. The highest BCUT2D eigenvalue weighted by atomic mass is 28.1. The summed E-state index contributed by atoms with van der Waals surface area (Å²) in [5.74, 6) is 0.514. The minimum Gasteiger partial charge on any atom is -0.299 e. The van der Waals surface area contributed by atoms with E-state index in [0.29, 0.717) is 5.76 Å². The van der Waals surface area contributed by atoms with Crippen molar-refractivity contribution in [2.24, 2.45) is 0 Å². The maximum Gasteiger partial charge on any atom is 0.145 e. The maximum absolute atomic E-state index is 4.38. The van der Waals surface area contributed by atoms with Crippen LogP contribution < -0.4 is 0 Å². The molecule has 0 bridgehead atoms. The molecule has 48 valence electrons. The number of rotatable bonds is 3. The van der Waals surface area contributed by atoms with Gasteiger partial charge in [-0.15, -0.1) is 0 Å². The Balaban J connectivity index is 0. The van der Waals surface area contributed by atoms with E-state index >= 15 is 0 Å². The first-order chi connectivity index (χ1) is 3.27. The molecule has 2 nitrogen and oxygen atoms in total. The van der Waals surface area contributed by atoms with Gasteiger partial charge in [0.25, 0.3) is 0 Å². The number of allylic oxidation sites excluding steroid dienone is 1. The van der Waals surface area contributed by atoms with E-state index < -0.39 is 0 Å². The topological polar surface area (TPSA) is 18.5 Å². The quantitative estimate of drug-likeness (QED) is 0.236. The van der Waals surface area contributed by atoms with E-state index in [1.165, 1.54) is 6.26 Å². The lowest BCUT2D eigenvalue weighted by Crippen LogP contribution is -1.79. The normalized spacial score (nSPS) is 6.12. The molecule has 0 aliphatic heterocycles. The Kier molecular flexibility index (Phi) is 8.12. The fraction of sp³-hybridized carbons (Fsp3) is 0.200. The highest BCUT2D eigenvalue weighted by Gasteiger charge is 1.76. The van der Waals surface area contributed by atoms with Crippen LogP contribution in [0.4, 0.5) is 0 Å². The molecule has 3 heteroatoms. The van der Waals surface area contributed by atoms with E-state index in [4.69, 9.17) is 0 Å². The van der Waals surface area contributed by atoms with Crippen LogP contribution in [-0.4, -0.2) is 11.0 Å². The fourth-order valence-corrected chi connectivity index (χ4v) is 0.116. The van der Waals surface area contributed by atoms with Gasteiger partial charge < -0.3 is 0 Å². The van der Waals surface area contributed by atoms with Crippen molar-refractivity contribution in [2.75, 3.05) is 0 Å². The Morgan fingerprint density at radius 1 is 1.62 bits per heavy atom. The summed E-state index contributed by atoms with van der Waals surface area (Å²) >= 11 is 0. The van der Waals surface area contributed by atoms with Gasteiger partial charge in [0, 0.05) is 0 Å². The summed E-state index contributed by atoms with van der Waals surface area (Å²) in [5, 5.41) is 0. The van der Waals surface area contributed by atoms with Gasteiger partial charge in [0.2, 0.25) is 0 Å². The molecule has 0 amide bonds. The van der Waals surface area contributed by atoms with Gasteiger partial charge in [-0.05, 0) is 17.9 Å². The van der Waals surface area contributed by atoms with E-state index in [0.717, 1.165) is 0 Å². The van der Waals surface area contributed by atoms with E-state index in [2.05, 4.69) is 22.9 Å². The number of hydrogen-bond donors (Lipinski definition) is 0. The third-order valence-corrected chi connectivity index (χ3v) is 0.258. The Morgan fingerprint density at radius 3 is 2.25 bits per heavy atom. The first-order valence-electron chi connectivity index (χ1n) is 1.87. The number of hydrogen-bond acceptors (Lipinski definition) is 2. The van der Waals surface area contributed by atoms with Crippen LogP contribution in [0.25, 0.3) is 0 Å². The van der Waals surface area contributed by atoms with Gasteiger partial charge in [0.15, 0.2) is 0 Å². The molecule has 0 N–H and O–H groups in total. The van der Waals surface area contributed by atoms with Crippen LogP contribution >= 0.6 is 0 Å². The predicted octanol–water partition coefficient (Wildman–Crippen LogP) is 0.160. The summed E-state index contributed by atoms with van der Waals surface area (Å²) in [6.07, 6.45) is 1.19. The molecular formula is C5H12O2Si. The zero-order valence-corrected chi connectivity index (χ0v) is 4.31. The van der Waals surface area contributed by atoms with Gasteiger partial charge >= 0.3 is 0 Å². The van der Waals surface area contributed by atoms with Crippen LogP contribution in [0.2, 0.25) is 0 Å². The average molecular weight is 132 g/mol. The molecule has 0 aliphatic rings. The van der Waals surface area contributed by atoms with Gasteiger partial charge in [-0.25, -0.2) is 0 Å². The Labute approximate surface area is 53.7 Å². The smallest absolute Gasteiger partial charge is 0.145 e. The molecule has 0 fully saturated rings. The third kappa shape index (κ3) is 9.00. The molecule has 0 aromatic rings. The molecule has 0 aromatic heterocycles. The molecule has 0 saturated carbocycles. The Morgan fingerprint density at radius 2 is 2.12 bits per heavy atom. The van der Waals surface area contributed by atoms with Gasteiger partial charge in [-0.1, -0.05) is 13.2 Å². The van der Waals surface area contributed by atoms with E-state index in [1.807, 2.05) is 0 Å². The molecule has 0 aromatic carbocycles. The summed E-state index contributed by atoms with van der Waals surface area (Å²) in [6.45, 7) is 8.33. The molecule has 0 spiro atoms. The molecule has 0 aliphatic carbocycles. The molecule has 0 rings (SSSR count). The second-order valence-corrected chi connectivity index (χ2v) is 1.05. The van der Waals surface area contributed by atoms with Crippen molar-refractivity contribution in [1.82, 2.24) is 0 Å². The highest BCUT2D eigenvalue weighted by Crippen LogP contribution is 1.89. The molecule has 0 heterocycles. The van der Waals surface area contributed by atoms with Crippen LogP contribution in [-0.2, 0) is 9.78 Å². The van der Waals surface area contributed by atoms with Crippen molar-refractivity contribution in [3.05, 3.63) is 25.2 Å². The summed E-state index contributed by atoms with van der Waals surface area (Å²) < 4.78 is 0. The summed E-state index contributed by atoms with van der Waals surface area (Å²) in [7, 11) is 0. The average Bonchev–Trinajstić information content (AvgIpc) is 1.61. The van der Waals surface area contributed by atoms with Crippen molar-refractivity contribution in [1.29, 1.82) is 0 Å². The van der Waals surface area contributed by atoms with Crippen LogP contribution in [0.1, 0.15) is 6.92 Å². The monoisotopic (exact) mass is 132 g/mol. The highest BCUT2D eigenvalue weighted by molar-refractivity contribution is 5.75. The van der Waals surface area contributed by atoms with Gasteiger partial charge in [0.1, 0.15) is 12.0 Å². The summed E-state index contributed by atoms with van der Waals surface area (Å²) in [6, 6.07) is 0. The lowest BCUT2D eigenvalue weighted by molar-refractivity contribution is -0.209. The maximum atomic E-state index is 4.38. The van der Waals surface area contributed by atoms with Gasteiger partial charge in [-0.2, -0.15) is 0 Å². The van der Waals surface area contributed by atoms with Gasteiger partial charge in [-0.3, -0.25) is 9.78 Å². The summed E-state index contributed by atoms with van der Waals surface area (Å²) in [5.41, 5.74) is 0. The third-order valence-electron chi connectivity index (χ3n) is 0.258. The second-order valence-electron chi connectivity index (χ2n) is 1.05. The van der Waals surface area contributed by atoms with Crippen LogP contribution in [0.5, 0.6) is 0 Å². The lowest BCUT2D eigenvalue weighted by atomic mass is 10.7. The van der Waals surface area contributed by atoms with Crippen molar-refractivity contribution < 1.29 is 9.78 Å². The SMILES string of the molecule is C=COOC(=C)C.[SiH4]. The van der Waals surface area contributed by atoms with E-state index in [1.54, 1.807) is 6.92 Å². The Hall–Kier alpha value is -0.703. The van der Waals surface area contributed by atoms with Crippen molar-refractivity contribution in [3.63, 3.8) is 0 Å². The zero-order chi connectivity index (χ0) is 5.70. The molecule has 0 atom stereocenters.